The molecule has 0 saturated heterocycles. The van der Waals surface area contributed by atoms with Gasteiger partial charge in [0.05, 0.1) is 22.6 Å². The second-order valence-corrected chi connectivity index (χ2v) is 4.99. The van der Waals surface area contributed by atoms with Crippen LogP contribution in [-0.2, 0) is 0 Å². The Kier molecular flexibility index (Phi) is 3.57. The summed E-state index contributed by atoms with van der Waals surface area (Å²) in [5.41, 5.74) is 1.43. The average molecular weight is 262 g/mol. The van der Waals surface area contributed by atoms with Gasteiger partial charge in [-0.25, -0.2) is 9.97 Å². The van der Waals surface area contributed by atoms with Crippen molar-refractivity contribution in [3.8, 4) is 0 Å². The maximum atomic E-state index is 12.0. The topological polar surface area (TPSA) is 66.9 Å². The summed E-state index contributed by atoms with van der Waals surface area (Å²) in [5.74, 6) is 0.620. The van der Waals surface area contributed by atoms with Gasteiger partial charge in [0.25, 0.3) is 5.91 Å². The SMILES string of the molecule is CNc1ccc(NC(=O)c2sc(C)nc2C)cn1. The Labute approximate surface area is 109 Å². The van der Waals surface area contributed by atoms with Crippen molar-refractivity contribution in [1.82, 2.24) is 9.97 Å². The monoisotopic (exact) mass is 262 g/mol. The fourth-order valence-electron chi connectivity index (χ4n) is 1.55. The van der Waals surface area contributed by atoms with E-state index in [9.17, 15) is 4.79 Å². The Morgan fingerprint density at radius 1 is 1.33 bits per heavy atom. The van der Waals surface area contributed by atoms with Crippen LogP contribution >= 0.6 is 11.3 Å². The number of thiazole rings is 1. The van der Waals surface area contributed by atoms with Gasteiger partial charge in [-0.15, -0.1) is 11.3 Å². The maximum Gasteiger partial charge on any atom is 0.267 e. The summed E-state index contributed by atoms with van der Waals surface area (Å²) >= 11 is 1.39. The molecular weight excluding hydrogens is 248 g/mol. The summed E-state index contributed by atoms with van der Waals surface area (Å²) in [5, 5.41) is 6.61. The van der Waals surface area contributed by atoms with E-state index in [0.29, 0.717) is 10.6 Å². The van der Waals surface area contributed by atoms with Crippen molar-refractivity contribution in [2.75, 3.05) is 17.7 Å². The Bertz CT molecular complexity index is 562. The van der Waals surface area contributed by atoms with E-state index in [1.807, 2.05) is 13.8 Å². The first kappa shape index (κ1) is 12.5. The molecule has 0 radical (unpaired) electrons. The highest BCUT2D eigenvalue weighted by atomic mass is 32.1. The first-order valence-electron chi connectivity index (χ1n) is 5.49. The van der Waals surface area contributed by atoms with Crippen molar-refractivity contribution in [2.24, 2.45) is 0 Å². The molecule has 1 amide bonds. The highest BCUT2D eigenvalue weighted by molar-refractivity contribution is 7.13. The van der Waals surface area contributed by atoms with Crippen molar-refractivity contribution in [2.45, 2.75) is 13.8 Å². The second-order valence-electron chi connectivity index (χ2n) is 3.78. The maximum absolute atomic E-state index is 12.0. The van der Waals surface area contributed by atoms with E-state index in [4.69, 9.17) is 0 Å². The van der Waals surface area contributed by atoms with Crippen molar-refractivity contribution in [3.05, 3.63) is 33.9 Å². The van der Waals surface area contributed by atoms with Crippen molar-refractivity contribution in [3.63, 3.8) is 0 Å². The average Bonchev–Trinajstić information content (AvgIpc) is 2.69. The number of hydrogen-bond acceptors (Lipinski definition) is 5. The van der Waals surface area contributed by atoms with Gasteiger partial charge in [0.1, 0.15) is 10.7 Å². The zero-order valence-corrected chi connectivity index (χ0v) is 11.3. The predicted molar refractivity (Wildman–Crippen MR) is 73.3 cm³/mol. The molecule has 0 fully saturated rings. The molecule has 0 saturated carbocycles. The molecule has 0 spiro atoms. The highest BCUT2D eigenvalue weighted by Gasteiger charge is 2.13. The zero-order chi connectivity index (χ0) is 13.1. The lowest BCUT2D eigenvalue weighted by Gasteiger charge is -2.04. The van der Waals surface area contributed by atoms with E-state index < -0.39 is 0 Å². The van der Waals surface area contributed by atoms with E-state index >= 15 is 0 Å². The summed E-state index contributed by atoms with van der Waals surface area (Å²) in [7, 11) is 1.80. The third-order valence-corrected chi connectivity index (χ3v) is 3.46. The number of pyridine rings is 1. The number of aromatic nitrogens is 2. The Hall–Kier alpha value is -1.95. The number of hydrogen-bond donors (Lipinski definition) is 2. The minimum atomic E-state index is -0.142. The van der Waals surface area contributed by atoms with Gasteiger partial charge in [-0.05, 0) is 26.0 Å². The lowest BCUT2D eigenvalue weighted by Crippen LogP contribution is -2.11. The van der Waals surface area contributed by atoms with Crippen LogP contribution < -0.4 is 10.6 Å². The van der Waals surface area contributed by atoms with Gasteiger partial charge in [0.15, 0.2) is 0 Å². The van der Waals surface area contributed by atoms with Crippen molar-refractivity contribution < 1.29 is 4.79 Å². The molecule has 0 bridgehead atoms. The molecule has 0 atom stereocenters. The van der Waals surface area contributed by atoms with E-state index in [0.717, 1.165) is 16.5 Å². The summed E-state index contributed by atoms with van der Waals surface area (Å²) in [4.78, 5) is 21.0. The van der Waals surface area contributed by atoms with Crippen LogP contribution in [0.25, 0.3) is 0 Å². The fourth-order valence-corrected chi connectivity index (χ4v) is 2.36. The Morgan fingerprint density at radius 2 is 2.11 bits per heavy atom. The second kappa shape index (κ2) is 5.14. The number of nitrogens with zero attached hydrogens (tertiary/aromatic N) is 2. The van der Waals surface area contributed by atoms with E-state index in [1.54, 1.807) is 25.4 Å². The number of anilines is 2. The lowest BCUT2D eigenvalue weighted by molar-refractivity contribution is 0.103. The van der Waals surface area contributed by atoms with Gasteiger partial charge in [-0.2, -0.15) is 0 Å². The van der Waals surface area contributed by atoms with E-state index in [2.05, 4.69) is 20.6 Å². The van der Waals surface area contributed by atoms with Crippen molar-refractivity contribution in [1.29, 1.82) is 0 Å². The largest absolute Gasteiger partial charge is 0.373 e. The van der Waals surface area contributed by atoms with Crippen LogP contribution in [-0.4, -0.2) is 22.9 Å². The van der Waals surface area contributed by atoms with Crippen LogP contribution in [0.5, 0.6) is 0 Å². The first-order valence-corrected chi connectivity index (χ1v) is 6.31. The zero-order valence-electron chi connectivity index (χ0n) is 10.4. The van der Waals surface area contributed by atoms with Gasteiger partial charge in [-0.3, -0.25) is 4.79 Å². The van der Waals surface area contributed by atoms with Crippen LogP contribution in [0.4, 0.5) is 11.5 Å². The molecule has 2 heterocycles. The standard InChI is InChI=1S/C12H14N4OS/c1-7-11(18-8(2)15-7)12(17)16-9-4-5-10(13-3)14-6-9/h4-6H,1-3H3,(H,13,14)(H,16,17). The summed E-state index contributed by atoms with van der Waals surface area (Å²) in [6, 6.07) is 3.61. The van der Waals surface area contributed by atoms with Gasteiger partial charge in [-0.1, -0.05) is 0 Å². The quantitative estimate of drug-likeness (QED) is 0.891. The number of nitrogens with one attached hydrogen (secondary N) is 2. The molecule has 5 nitrogen and oxygen atoms in total. The lowest BCUT2D eigenvalue weighted by atomic mass is 10.3. The van der Waals surface area contributed by atoms with Crippen LogP contribution in [0.1, 0.15) is 20.4 Å². The van der Waals surface area contributed by atoms with Gasteiger partial charge >= 0.3 is 0 Å². The normalized spacial score (nSPS) is 10.2. The third kappa shape index (κ3) is 2.65. The molecule has 2 N–H and O–H groups in total. The molecule has 0 aliphatic heterocycles. The fraction of sp³-hybridized carbons (Fsp3) is 0.250. The van der Waals surface area contributed by atoms with Gasteiger partial charge < -0.3 is 10.6 Å². The molecular formula is C12H14N4OS. The molecule has 2 aromatic heterocycles. The Balaban J connectivity index is 2.13. The molecule has 6 heteroatoms. The smallest absolute Gasteiger partial charge is 0.267 e. The van der Waals surface area contributed by atoms with Crippen molar-refractivity contribution >= 4 is 28.7 Å². The van der Waals surface area contributed by atoms with E-state index in [-0.39, 0.29) is 5.91 Å². The molecule has 0 aliphatic carbocycles. The third-order valence-electron chi connectivity index (χ3n) is 2.39. The predicted octanol–water partition coefficient (Wildman–Crippen LogP) is 2.45. The van der Waals surface area contributed by atoms with Crippen LogP contribution in [0.2, 0.25) is 0 Å². The number of carbonyl (C=O) groups excluding carboxylic acids is 1. The molecule has 18 heavy (non-hydrogen) atoms. The van der Waals surface area contributed by atoms with Gasteiger partial charge in [0.2, 0.25) is 0 Å². The number of rotatable bonds is 3. The molecule has 2 aromatic rings. The summed E-state index contributed by atoms with van der Waals surface area (Å²) < 4.78 is 0. The minimum Gasteiger partial charge on any atom is -0.373 e. The molecule has 2 rings (SSSR count). The molecule has 0 aromatic carbocycles. The Morgan fingerprint density at radius 3 is 2.61 bits per heavy atom. The molecule has 0 aliphatic rings. The highest BCUT2D eigenvalue weighted by Crippen LogP contribution is 2.19. The van der Waals surface area contributed by atoms with Crippen LogP contribution in [0.3, 0.4) is 0 Å². The van der Waals surface area contributed by atoms with Crippen LogP contribution in [0.15, 0.2) is 18.3 Å². The van der Waals surface area contributed by atoms with Gasteiger partial charge in [0, 0.05) is 7.05 Å². The van der Waals surface area contributed by atoms with E-state index in [1.165, 1.54) is 11.3 Å². The first-order chi connectivity index (χ1) is 8.60. The number of carbonyl (C=O) groups is 1. The van der Waals surface area contributed by atoms with Crippen LogP contribution in [0, 0.1) is 13.8 Å². The number of amides is 1. The molecule has 0 unspecified atom stereocenters. The number of aryl methyl sites for hydroxylation is 2. The summed E-state index contributed by atoms with van der Waals surface area (Å²) in [6.07, 6.45) is 1.62. The molecule has 94 valence electrons. The minimum absolute atomic E-state index is 0.142. The summed E-state index contributed by atoms with van der Waals surface area (Å²) in [6.45, 7) is 3.72.